The minimum atomic E-state index is 0.190. The molecule has 1 rings (SSSR count). The average Bonchev–Trinajstić information content (AvgIpc) is 2.34. The van der Waals surface area contributed by atoms with Gasteiger partial charge < -0.3 is 15.5 Å². The van der Waals surface area contributed by atoms with Crippen LogP contribution < -0.4 is 10.6 Å². The topological polar surface area (TPSA) is 44.4 Å². The van der Waals surface area contributed by atoms with E-state index in [2.05, 4.69) is 43.2 Å². The molecule has 1 amide bonds. The molecule has 1 aliphatic heterocycles. The molecule has 4 nitrogen and oxygen atoms in total. The zero-order valence-corrected chi connectivity index (χ0v) is 13.1. The molecule has 0 saturated carbocycles. The minimum Gasteiger partial charge on any atom is -0.356 e. The van der Waals surface area contributed by atoms with Crippen LogP contribution >= 0.6 is 0 Å². The average molecular weight is 269 g/mol. The molecule has 0 aliphatic carbocycles. The number of carbonyl (C=O) groups excluding carboxylic acids is 1. The van der Waals surface area contributed by atoms with Crippen LogP contribution in [0.4, 0.5) is 0 Å². The van der Waals surface area contributed by atoms with Crippen molar-refractivity contribution in [1.29, 1.82) is 0 Å². The lowest BCUT2D eigenvalue weighted by molar-refractivity contribution is -0.121. The molecule has 4 heteroatoms. The fourth-order valence-corrected chi connectivity index (χ4v) is 2.80. The van der Waals surface area contributed by atoms with E-state index >= 15 is 0 Å². The third kappa shape index (κ3) is 7.53. The van der Waals surface area contributed by atoms with Crippen LogP contribution in [-0.4, -0.2) is 50.1 Å². The van der Waals surface area contributed by atoms with Gasteiger partial charge in [0.2, 0.25) is 5.91 Å². The molecule has 2 N–H and O–H groups in total. The predicted octanol–water partition coefficient (Wildman–Crippen LogP) is 1.47. The zero-order valence-electron chi connectivity index (χ0n) is 13.1. The van der Waals surface area contributed by atoms with E-state index in [-0.39, 0.29) is 11.3 Å². The van der Waals surface area contributed by atoms with Crippen molar-refractivity contribution in [1.82, 2.24) is 15.5 Å². The van der Waals surface area contributed by atoms with Gasteiger partial charge in [-0.05, 0) is 17.8 Å². The number of nitrogens with zero attached hydrogens (tertiary/aromatic N) is 1. The molecule has 0 aromatic rings. The molecule has 19 heavy (non-hydrogen) atoms. The van der Waals surface area contributed by atoms with Crippen molar-refractivity contribution in [3.63, 3.8) is 0 Å². The molecule has 0 aromatic carbocycles. The van der Waals surface area contributed by atoms with Gasteiger partial charge >= 0.3 is 0 Å². The summed E-state index contributed by atoms with van der Waals surface area (Å²) in [5.74, 6) is 0.864. The number of carbonyl (C=O) groups is 1. The molecular formula is C15H31N3O. The second kappa shape index (κ2) is 7.85. The van der Waals surface area contributed by atoms with E-state index in [0.717, 1.165) is 45.7 Å². The van der Waals surface area contributed by atoms with Crippen LogP contribution in [0.1, 0.15) is 40.5 Å². The Balaban J connectivity index is 2.16. The van der Waals surface area contributed by atoms with Crippen LogP contribution in [-0.2, 0) is 4.79 Å². The highest BCUT2D eigenvalue weighted by atomic mass is 16.1. The third-order valence-electron chi connectivity index (χ3n) is 3.59. The van der Waals surface area contributed by atoms with Crippen LogP contribution in [0.3, 0.4) is 0 Å². The molecular weight excluding hydrogens is 238 g/mol. The fraction of sp³-hybridized carbons (Fsp3) is 0.933. The van der Waals surface area contributed by atoms with E-state index in [9.17, 15) is 4.79 Å². The minimum absolute atomic E-state index is 0.190. The Kier molecular flexibility index (Phi) is 6.80. The van der Waals surface area contributed by atoms with Crippen LogP contribution in [0.5, 0.6) is 0 Å². The summed E-state index contributed by atoms with van der Waals surface area (Å²) in [6.07, 6.45) is 1.77. The molecule has 1 aliphatic rings. The van der Waals surface area contributed by atoms with Gasteiger partial charge in [0.05, 0.1) is 0 Å². The summed E-state index contributed by atoms with van der Waals surface area (Å²) in [6, 6.07) is 0. The molecule has 112 valence electrons. The van der Waals surface area contributed by atoms with E-state index in [0.29, 0.717) is 12.3 Å². The van der Waals surface area contributed by atoms with Gasteiger partial charge in [-0.15, -0.1) is 0 Å². The molecule has 0 aromatic heterocycles. The van der Waals surface area contributed by atoms with Gasteiger partial charge in [0.1, 0.15) is 0 Å². The normalized spacial score (nSPS) is 17.7. The van der Waals surface area contributed by atoms with Crippen LogP contribution in [0, 0.1) is 11.3 Å². The van der Waals surface area contributed by atoms with Crippen molar-refractivity contribution in [2.75, 3.05) is 39.3 Å². The molecule has 0 unspecified atom stereocenters. The van der Waals surface area contributed by atoms with E-state index in [1.165, 1.54) is 0 Å². The molecule has 0 radical (unpaired) electrons. The Morgan fingerprint density at radius 3 is 2.53 bits per heavy atom. The quantitative estimate of drug-likeness (QED) is 0.735. The van der Waals surface area contributed by atoms with Gasteiger partial charge in [-0.25, -0.2) is 0 Å². The summed E-state index contributed by atoms with van der Waals surface area (Å²) >= 11 is 0. The molecule has 1 saturated heterocycles. The van der Waals surface area contributed by atoms with Crippen molar-refractivity contribution in [2.24, 2.45) is 11.3 Å². The number of piperazine rings is 1. The molecule has 0 bridgehead atoms. The maximum atomic E-state index is 11.9. The molecule has 1 fully saturated rings. The first-order chi connectivity index (χ1) is 8.89. The van der Waals surface area contributed by atoms with Gasteiger partial charge in [-0.3, -0.25) is 4.79 Å². The lowest BCUT2D eigenvalue weighted by Crippen LogP contribution is -2.45. The number of nitrogens with one attached hydrogen (secondary N) is 2. The lowest BCUT2D eigenvalue weighted by Gasteiger charge is -2.28. The Morgan fingerprint density at radius 1 is 1.32 bits per heavy atom. The summed E-state index contributed by atoms with van der Waals surface area (Å²) in [6.45, 7) is 14.8. The standard InChI is InChI=1S/C15H31N3O/c1-13(2)11-15(3,4)12-17-14(19)5-8-18-9-6-16-7-10-18/h13,16H,5-12H2,1-4H3,(H,17,19). The highest BCUT2D eigenvalue weighted by Crippen LogP contribution is 2.23. The van der Waals surface area contributed by atoms with E-state index in [1.54, 1.807) is 0 Å². The number of rotatable bonds is 7. The smallest absolute Gasteiger partial charge is 0.221 e. The summed E-state index contributed by atoms with van der Waals surface area (Å²) < 4.78 is 0. The Labute approximate surface area is 118 Å². The summed E-state index contributed by atoms with van der Waals surface area (Å²) in [4.78, 5) is 14.2. The van der Waals surface area contributed by atoms with Gasteiger partial charge in [-0.2, -0.15) is 0 Å². The largest absolute Gasteiger partial charge is 0.356 e. The van der Waals surface area contributed by atoms with Crippen LogP contribution in [0.15, 0.2) is 0 Å². The Hall–Kier alpha value is -0.610. The fourth-order valence-electron chi connectivity index (χ4n) is 2.80. The Bertz CT molecular complexity index is 271. The summed E-state index contributed by atoms with van der Waals surface area (Å²) in [5.41, 5.74) is 0.193. The maximum absolute atomic E-state index is 11.9. The van der Waals surface area contributed by atoms with Gasteiger partial charge in [0, 0.05) is 45.7 Å². The van der Waals surface area contributed by atoms with Gasteiger partial charge in [0.25, 0.3) is 0 Å². The van der Waals surface area contributed by atoms with Crippen molar-refractivity contribution >= 4 is 5.91 Å². The van der Waals surface area contributed by atoms with Crippen molar-refractivity contribution in [3.8, 4) is 0 Å². The maximum Gasteiger partial charge on any atom is 0.221 e. The first-order valence-corrected chi connectivity index (χ1v) is 7.59. The highest BCUT2D eigenvalue weighted by molar-refractivity contribution is 5.76. The van der Waals surface area contributed by atoms with Crippen molar-refractivity contribution in [2.45, 2.75) is 40.5 Å². The zero-order chi connectivity index (χ0) is 14.3. The van der Waals surface area contributed by atoms with Crippen LogP contribution in [0.2, 0.25) is 0 Å². The monoisotopic (exact) mass is 269 g/mol. The van der Waals surface area contributed by atoms with E-state index in [1.807, 2.05) is 0 Å². The van der Waals surface area contributed by atoms with Gasteiger partial charge in [-0.1, -0.05) is 27.7 Å². The van der Waals surface area contributed by atoms with Crippen LogP contribution in [0.25, 0.3) is 0 Å². The SMILES string of the molecule is CC(C)CC(C)(C)CNC(=O)CCN1CCNCC1. The van der Waals surface area contributed by atoms with Gasteiger partial charge in [0.15, 0.2) is 0 Å². The first kappa shape index (κ1) is 16.4. The summed E-state index contributed by atoms with van der Waals surface area (Å²) in [7, 11) is 0. The number of hydrogen-bond acceptors (Lipinski definition) is 3. The lowest BCUT2D eigenvalue weighted by atomic mass is 9.84. The Morgan fingerprint density at radius 2 is 1.95 bits per heavy atom. The second-order valence-electron chi connectivity index (χ2n) is 6.88. The first-order valence-electron chi connectivity index (χ1n) is 7.59. The molecule has 1 heterocycles. The third-order valence-corrected chi connectivity index (χ3v) is 3.59. The number of hydrogen-bond donors (Lipinski definition) is 2. The summed E-state index contributed by atoms with van der Waals surface area (Å²) in [5, 5.41) is 6.41. The molecule has 0 spiro atoms. The van der Waals surface area contributed by atoms with E-state index in [4.69, 9.17) is 0 Å². The van der Waals surface area contributed by atoms with Crippen molar-refractivity contribution in [3.05, 3.63) is 0 Å². The van der Waals surface area contributed by atoms with Crippen molar-refractivity contribution < 1.29 is 4.79 Å². The highest BCUT2D eigenvalue weighted by Gasteiger charge is 2.20. The second-order valence-corrected chi connectivity index (χ2v) is 6.88. The molecule has 0 atom stereocenters. The van der Waals surface area contributed by atoms with E-state index < -0.39 is 0 Å². The number of amides is 1. The predicted molar refractivity (Wildman–Crippen MR) is 80.2 cm³/mol.